The number of nitrogens with zero attached hydrogens (tertiary/aromatic N) is 1. The average molecular weight is 1010 g/mol. The monoisotopic (exact) mass is 1010 g/mol. The van der Waals surface area contributed by atoms with Gasteiger partial charge in [-0.25, -0.2) is 4.57 Å². The lowest BCUT2D eigenvalue weighted by Crippen LogP contribution is -2.46. The lowest BCUT2D eigenvalue weighted by molar-refractivity contribution is -0.870. The number of amides is 1. The molecule has 9 heteroatoms. The summed E-state index contributed by atoms with van der Waals surface area (Å²) in [4.78, 5) is 23.4. The lowest BCUT2D eigenvalue weighted by Gasteiger charge is -2.26. The van der Waals surface area contributed by atoms with Gasteiger partial charge in [-0.1, -0.05) is 282 Å². The van der Waals surface area contributed by atoms with Gasteiger partial charge in [0.25, 0.3) is 0 Å². The van der Waals surface area contributed by atoms with Crippen molar-refractivity contribution in [1.29, 1.82) is 0 Å². The van der Waals surface area contributed by atoms with Crippen LogP contribution < -0.4 is 5.32 Å². The van der Waals surface area contributed by atoms with E-state index in [1.54, 1.807) is 0 Å². The largest absolute Gasteiger partial charge is 0.472 e. The molecular formula is C61H122N2O6P+. The van der Waals surface area contributed by atoms with Gasteiger partial charge in [-0.2, -0.15) is 0 Å². The standard InChI is InChI=1S/C61H121N2O6P/c1-6-8-10-12-14-16-18-20-22-24-26-28-30-31-33-35-37-39-41-43-45-47-49-51-53-55-61(65)62-59(58-69-70(66,67)68-57-56-63(3,4)5)60(64)54-52-50-48-46-44-42-40-38-36-34-32-29-27-25-23-21-19-17-15-13-11-9-7-2/h18,20,24,26,59-60,64H,6-17,19,21-23,25,27-58H2,1-5H3,(H-,62,65,66,67)/p+1/b20-18-,26-24-. The summed E-state index contributed by atoms with van der Waals surface area (Å²) >= 11 is 0. The van der Waals surface area contributed by atoms with Crippen LogP contribution in [0.2, 0.25) is 0 Å². The van der Waals surface area contributed by atoms with Gasteiger partial charge in [-0.05, 0) is 44.9 Å². The van der Waals surface area contributed by atoms with E-state index >= 15 is 0 Å². The first kappa shape index (κ1) is 69.0. The molecule has 3 atom stereocenters. The van der Waals surface area contributed by atoms with Gasteiger partial charge in [0.2, 0.25) is 5.91 Å². The van der Waals surface area contributed by atoms with Crippen molar-refractivity contribution < 1.29 is 32.9 Å². The quantitative estimate of drug-likeness (QED) is 0.0243. The van der Waals surface area contributed by atoms with Crippen molar-refractivity contribution in [2.24, 2.45) is 0 Å². The number of aliphatic hydroxyl groups is 1. The van der Waals surface area contributed by atoms with E-state index in [9.17, 15) is 19.4 Å². The molecule has 0 aliphatic carbocycles. The summed E-state index contributed by atoms with van der Waals surface area (Å²) in [5.41, 5.74) is 0. The summed E-state index contributed by atoms with van der Waals surface area (Å²) in [5.74, 6) is -0.140. The minimum absolute atomic E-state index is 0.0763. The van der Waals surface area contributed by atoms with Crippen LogP contribution in [0, 0.1) is 0 Å². The fourth-order valence-electron chi connectivity index (χ4n) is 9.37. The van der Waals surface area contributed by atoms with E-state index in [0.29, 0.717) is 23.9 Å². The molecule has 70 heavy (non-hydrogen) atoms. The van der Waals surface area contributed by atoms with E-state index in [1.165, 1.54) is 238 Å². The maximum absolute atomic E-state index is 13.0. The first-order valence-corrected chi connectivity index (χ1v) is 32.2. The number of hydrogen-bond donors (Lipinski definition) is 3. The number of hydrogen-bond acceptors (Lipinski definition) is 5. The normalized spacial score (nSPS) is 14.0. The Morgan fingerprint density at radius 2 is 0.814 bits per heavy atom. The smallest absolute Gasteiger partial charge is 0.391 e. The topological polar surface area (TPSA) is 105 Å². The molecule has 1 amide bonds. The summed E-state index contributed by atoms with van der Waals surface area (Å²) in [6.07, 6.45) is 66.7. The van der Waals surface area contributed by atoms with Crippen LogP contribution in [0.3, 0.4) is 0 Å². The zero-order chi connectivity index (χ0) is 51.3. The van der Waals surface area contributed by atoms with Crippen molar-refractivity contribution in [3.8, 4) is 0 Å². The van der Waals surface area contributed by atoms with E-state index in [0.717, 1.165) is 44.9 Å². The van der Waals surface area contributed by atoms with Crippen LogP contribution in [-0.4, -0.2) is 73.4 Å². The number of phosphoric acid groups is 1. The van der Waals surface area contributed by atoms with E-state index in [-0.39, 0.29) is 19.1 Å². The van der Waals surface area contributed by atoms with Crippen molar-refractivity contribution in [1.82, 2.24) is 5.32 Å². The number of carbonyl (C=O) groups is 1. The average Bonchev–Trinajstić information content (AvgIpc) is 3.32. The van der Waals surface area contributed by atoms with Gasteiger partial charge < -0.3 is 19.8 Å². The highest BCUT2D eigenvalue weighted by Crippen LogP contribution is 2.43. The second-order valence-corrected chi connectivity index (χ2v) is 23.9. The Bertz CT molecular complexity index is 1190. The molecule has 0 rings (SSSR count). The first-order chi connectivity index (χ1) is 34.0. The Labute approximate surface area is 436 Å². The van der Waals surface area contributed by atoms with Gasteiger partial charge in [0.05, 0.1) is 39.9 Å². The van der Waals surface area contributed by atoms with Gasteiger partial charge in [-0.3, -0.25) is 13.8 Å². The van der Waals surface area contributed by atoms with Crippen molar-refractivity contribution in [2.45, 2.75) is 321 Å². The number of aliphatic hydroxyl groups excluding tert-OH is 1. The van der Waals surface area contributed by atoms with Crippen LogP contribution in [0.25, 0.3) is 0 Å². The molecule has 0 saturated heterocycles. The number of nitrogens with one attached hydrogen (secondary N) is 1. The summed E-state index contributed by atoms with van der Waals surface area (Å²) in [6.45, 7) is 4.93. The van der Waals surface area contributed by atoms with E-state index in [1.807, 2.05) is 21.1 Å². The van der Waals surface area contributed by atoms with Gasteiger partial charge in [0.1, 0.15) is 13.2 Å². The Morgan fingerprint density at radius 1 is 0.486 bits per heavy atom. The zero-order valence-electron chi connectivity index (χ0n) is 47.5. The Kier molecular flexibility index (Phi) is 52.1. The van der Waals surface area contributed by atoms with Crippen LogP contribution in [0.4, 0.5) is 0 Å². The van der Waals surface area contributed by atoms with Crippen LogP contribution in [0.15, 0.2) is 24.3 Å². The summed E-state index contributed by atoms with van der Waals surface area (Å²) in [7, 11) is 1.63. The molecule has 0 saturated carbocycles. The predicted molar refractivity (Wildman–Crippen MR) is 305 cm³/mol. The summed E-state index contributed by atoms with van der Waals surface area (Å²) in [5, 5.41) is 14.1. The molecule has 0 aromatic rings. The number of likely N-dealkylation sites (N-methyl/N-ethyl adjacent to an activating group) is 1. The predicted octanol–water partition coefficient (Wildman–Crippen LogP) is 18.8. The van der Waals surface area contributed by atoms with Gasteiger partial charge in [0, 0.05) is 6.42 Å². The van der Waals surface area contributed by atoms with Crippen LogP contribution >= 0.6 is 7.82 Å². The lowest BCUT2D eigenvalue weighted by atomic mass is 10.0. The highest BCUT2D eigenvalue weighted by molar-refractivity contribution is 7.47. The van der Waals surface area contributed by atoms with Crippen molar-refractivity contribution in [3.63, 3.8) is 0 Å². The molecule has 0 aromatic carbocycles. The molecule has 0 fully saturated rings. The Balaban J connectivity index is 4.11. The SMILES string of the molecule is CCCCCCC/C=C\C/C=C\CCCCCCCCCCCCCCCC(=O)NC(COP(=O)(O)OCC[N+](C)(C)C)C(O)CCCCCCCCCCCCCCCCCCCCCCCCC. The molecule has 0 spiro atoms. The molecule has 416 valence electrons. The number of rotatable bonds is 57. The van der Waals surface area contributed by atoms with Crippen LogP contribution in [-0.2, 0) is 18.4 Å². The molecule has 0 aliphatic rings. The van der Waals surface area contributed by atoms with Gasteiger partial charge in [0.15, 0.2) is 0 Å². The van der Waals surface area contributed by atoms with Gasteiger partial charge >= 0.3 is 7.82 Å². The highest BCUT2D eigenvalue weighted by atomic mass is 31.2. The molecule has 0 aromatic heterocycles. The molecule has 0 heterocycles. The minimum atomic E-state index is -4.32. The second-order valence-electron chi connectivity index (χ2n) is 22.4. The van der Waals surface area contributed by atoms with Crippen molar-refractivity contribution in [2.75, 3.05) is 40.9 Å². The Hall–Kier alpha value is -1.02. The van der Waals surface area contributed by atoms with E-state index in [4.69, 9.17) is 9.05 Å². The van der Waals surface area contributed by atoms with Gasteiger partial charge in [-0.15, -0.1) is 0 Å². The number of phosphoric ester groups is 1. The van der Waals surface area contributed by atoms with E-state index < -0.39 is 20.0 Å². The molecule has 0 radical (unpaired) electrons. The minimum Gasteiger partial charge on any atom is -0.391 e. The fourth-order valence-corrected chi connectivity index (χ4v) is 10.1. The highest BCUT2D eigenvalue weighted by Gasteiger charge is 2.28. The molecular weight excluding hydrogens is 888 g/mol. The number of quaternary nitrogens is 1. The second kappa shape index (κ2) is 52.8. The third kappa shape index (κ3) is 54.7. The maximum atomic E-state index is 13.0. The zero-order valence-corrected chi connectivity index (χ0v) is 48.4. The molecule has 0 bridgehead atoms. The fraction of sp³-hybridized carbons (Fsp3) is 0.918. The van der Waals surface area contributed by atoms with Crippen LogP contribution in [0.5, 0.6) is 0 Å². The number of unbranched alkanes of at least 4 members (excludes halogenated alkanes) is 40. The molecule has 3 N–H and O–H groups in total. The van der Waals surface area contributed by atoms with Crippen molar-refractivity contribution >= 4 is 13.7 Å². The summed E-state index contributed by atoms with van der Waals surface area (Å²) < 4.78 is 23.8. The number of allylic oxidation sites excluding steroid dienone is 4. The Morgan fingerprint density at radius 3 is 1.17 bits per heavy atom. The van der Waals surface area contributed by atoms with Crippen LogP contribution in [0.1, 0.15) is 309 Å². The number of carbonyl (C=O) groups excluding carboxylic acids is 1. The third-order valence-electron chi connectivity index (χ3n) is 14.2. The maximum Gasteiger partial charge on any atom is 0.472 e. The molecule has 3 unspecified atom stereocenters. The molecule has 0 aliphatic heterocycles. The third-order valence-corrected chi connectivity index (χ3v) is 15.2. The van der Waals surface area contributed by atoms with Crippen molar-refractivity contribution in [3.05, 3.63) is 24.3 Å². The first-order valence-electron chi connectivity index (χ1n) is 30.7. The summed E-state index contributed by atoms with van der Waals surface area (Å²) in [6, 6.07) is -0.760. The van der Waals surface area contributed by atoms with E-state index in [2.05, 4.69) is 43.5 Å². The molecule has 8 nitrogen and oxygen atoms in total.